The lowest BCUT2D eigenvalue weighted by Crippen LogP contribution is -1.82. The van der Waals surface area contributed by atoms with Crippen LogP contribution in [-0.2, 0) is 5.75 Å². The van der Waals surface area contributed by atoms with E-state index in [4.69, 9.17) is 4.52 Å². The number of aromatic nitrogens is 3. The van der Waals surface area contributed by atoms with Crippen LogP contribution in [0.2, 0.25) is 0 Å². The largest absolute Gasteiger partial charge is 0.360 e. The van der Waals surface area contributed by atoms with Crippen molar-refractivity contribution in [1.29, 1.82) is 0 Å². The summed E-state index contributed by atoms with van der Waals surface area (Å²) in [5, 5.41) is 4.35. The molecule has 4 nitrogen and oxygen atoms in total. The van der Waals surface area contributed by atoms with Crippen molar-refractivity contribution in [3.8, 4) is 0 Å². The van der Waals surface area contributed by atoms with Gasteiger partial charge in [0.25, 0.3) is 0 Å². The van der Waals surface area contributed by atoms with Crippen molar-refractivity contribution in [3.63, 3.8) is 0 Å². The molecular formula is C12H9F2N3OS. The second-order valence-electron chi connectivity index (χ2n) is 4.05. The summed E-state index contributed by atoms with van der Waals surface area (Å²) < 4.78 is 31.2. The summed E-state index contributed by atoms with van der Waals surface area (Å²) in [5.41, 5.74) is 1.68. The Morgan fingerprint density at radius 2 is 2.05 bits per heavy atom. The quantitative estimate of drug-likeness (QED) is 0.747. The van der Waals surface area contributed by atoms with Crippen molar-refractivity contribution < 1.29 is 13.3 Å². The first-order valence-electron chi connectivity index (χ1n) is 5.51. The van der Waals surface area contributed by atoms with Crippen LogP contribution in [-0.4, -0.2) is 15.1 Å². The minimum absolute atomic E-state index is 0.398. The van der Waals surface area contributed by atoms with Gasteiger partial charge in [-0.3, -0.25) is 0 Å². The zero-order valence-corrected chi connectivity index (χ0v) is 10.7. The predicted octanol–water partition coefficient (Wildman–Crippen LogP) is 3.43. The molecule has 2 aromatic heterocycles. The maximum Gasteiger partial charge on any atom is 0.166 e. The van der Waals surface area contributed by atoms with Crippen LogP contribution < -0.4 is 0 Å². The summed E-state index contributed by atoms with van der Waals surface area (Å²) in [6.45, 7) is 1.84. The topological polar surface area (TPSA) is 54.7 Å². The van der Waals surface area contributed by atoms with Crippen LogP contribution in [0.15, 0.2) is 27.9 Å². The summed E-state index contributed by atoms with van der Waals surface area (Å²) in [6, 6.07) is 4.00. The summed E-state index contributed by atoms with van der Waals surface area (Å²) >= 11 is 1.38. The maximum atomic E-state index is 13.1. The van der Waals surface area contributed by atoms with Crippen molar-refractivity contribution in [2.45, 2.75) is 17.8 Å². The van der Waals surface area contributed by atoms with Gasteiger partial charge in [0.15, 0.2) is 16.8 Å². The number of aryl methyl sites for hydroxylation is 1. The maximum absolute atomic E-state index is 13.1. The van der Waals surface area contributed by atoms with Gasteiger partial charge in [0, 0.05) is 18.2 Å². The van der Waals surface area contributed by atoms with Crippen molar-refractivity contribution in [1.82, 2.24) is 15.1 Å². The first-order valence-corrected chi connectivity index (χ1v) is 6.50. The van der Waals surface area contributed by atoms with Crippen molar-refractivity contribution in [2.75, 3.05) is 0 Å². The Kier molecular flexibility index (Phi) is 2.98. The fourth-order valence-electron chi connectivity index (χ4n) is 1.67. The average molecular weight is 281 g/mol. The monoisotopic (exact) mass is 281 g/mol. The minimum atomic E-state index is -0.901. The first-order chi connectivity index (χ1) is 9.11. The number of nitrogens with one attached hydrogen (secondary N) is 1. The SMILES string of the molecule is Cc1cc(CSc2nc3cc(F)c(F)cc3[nH]2)on1. The number of rotatable bonds is 3. The Morgan fingerprint density at radius 1 is 1.26 bits per heavy atom. The highest BCUT2D eigenvalue weighted by Gasteiger charge is 2.10. The molecule has 0 unspecified atom stereocenters. The van der Waals surface area contributed by atoms with Gasteiger partial charge in [0.2, 0.25) is 0 Å². The van der Waals surface area contributed by atoms with E-state index in [1.165, 1.54) is 11.8 Å². The smallest absolute Gasteiger partial charge is 0.166 e. The predicted molar refractivity (Wildman–Crippen MR) is 66.8 cm³/mol. The summed E-state index contributed by atoms with van der Waals surface area (Å²) in [7, 11) is 0. The number of benzene rings is 1. The second kappa shape index (κ2) is 4.65. The highest BCUT2D eigenvalue weighted by Crippen LogP contribution is 2.24. The molecule has 0 aliphatic rings. The normalized spacial score (nSPS) is 11.3. The number of nitrogens with zero attached hydrogens (tertiary/aromatic N) is 2. The zero-order chi connectivity index (χ0) is 13.4. The minimum Gasteiger partial charge on any atom is -0.360 e. The molecule has 0 bridgehead atoms. The molecule has 0 atom stereocenters. The van der Waals surface area contributed by atoms with E-state index >= 15 is 0 Å². The standard InChI is InChI=1S/C12H9F2N3OS/c1-6-2-7(18-17-6)5-19-12-15-10-3-8(13)9(14)4-11(10)16-12/h2-4H,5H2,1H3,(H,15,16). The Labute approximate surface area is 111 Å². The highest BCUT2D eigenvalue weighted by molar-refractivity contribution is 7.98. The number of imidazole rings is 1. The lowest BCUT2D eigenvalue weighted by molar-refractivity contribution is 0.391. The molecule has 0 amide bonds. The second-order valence-corrected chi connectivity index (χ2v) is 5.01. The van der Waals surface area contributed by atoms with Crippen molar-refractivity contribution in [3.05, 3.63) is 41.3 Å². The molecule has 0 aliphatic carbocycles. The third kappa shape index (κ3) is 2.46. The van der Waals surface area contributed by atoms with Crippen LogP contribution in [0.3, 0.4) is 0 Å². The van der Waals surface area contributed by atoms with Crippen LogP contribution in [0.5, 0.6) is 0 Å². The molecule has 1 aromatic carbocycles. The van der Waals surface area contributed by atoms with Gasteiger partial charge in [-0.2, -0.15) is 0 Å². The molecule has 19 heavy (non-hydrogen) atoms. The Hall–Kier alpha value is -1.89. The molecule has 3 aromatic rings. The van der Waals surface area contributed by atoms with E-state index in [1.807, 2.05) is 13.0 Å². The number of thioether (sulfide) groups is 1. The van der Waals surface area contributed by atoms with E-state index in [1.54, 1.807) is 0 Å². The summed E-state index contributed by atoms with van der Waals surface area (Å²) in [5.74, 6) is -0.522. The van der Waals surface area contributed by atoms with E-state index in [-0.39, 0.29) is 0 Å². The van der Waals surface area contributed by atoms with Gasteiger partial charge in [-0.25, -0.2) is 13.8 Å². The molecule has 2 heterocycles. The third-order valence-electron chi connectivity index (χ3n) is 2.53. The molecule has 0 fully saturated rings. The third-order valence-corrected chi connectivity index (χ3v) is 3.43. The Bertz CT molecular complexity index is 699. The molecule has 98 valence electrons. The highest BCUT2D eigenvalue weighted by atomic mass is 32.2. The number of fused-ring (bicyclic) bond motifs is 1. The first kappa shape index (κ1) is 12.2. The van der Waals surface area contributed by atoms with E-state index in [0.29, 0.717) is 21.9 Å². The van der Waals surface area contributed by atoms with E-state index in [0.717, 1.165) is 23.6 Å². The van der Waals surface area contributed by atoms with Gasteiger partial charge in [0.1, 0.15) is 5.76 Å². The fraction of sp³-hybridized carbons (Fsp3) is 0.167. The number of H-pyrrole nitrogens is 1. The summed E-state index contributed by atoms with van der Waals surface area (Å²) in [4.78, 5) is 7.10. The van der Waals surface area contributed by atoms with Crippen molar-refractivity contribution in [2.24, 2.45) is 0 Å². The zero-order valence-electron chi connectivity index (χ0n) is 9.91. The Balaban J connectivity index is 1.81. The molecular weight excluding hydrogens is 272 g/mol. The number of halogens is 2. The fourth-order valence-corrected chi connectivity index (χ4v) is 2.43. The van der Waals surface area contributed by atoms with Gasteiger partial charge in [-0.15, -0.1) is 0 Å². The lowest BCUT2D eigenvalue weighted by atomic mass is 10.3. The van der Waals surface area contributed by atoms with Crippen LogP contribution in [0.1, 0.15) is 11.5 Å². The van der Waals surface area contributed by atoms with E-state index in [9.17, 15) is 8.78 Å². The molecule has 0 saturated carbocycles. The van der Waals surface area contributed by atoms with Crippen LogP contribution in [0.25, 0.3) is 11.0 Å². The number of hydrogen-bond donors (Lipinski definition) is 1. The van der Waals surface area contributed by atoms with Crippen LogP contribution in [0.4, 0.5) is 8.78 Å². The average Bonchev–Trinajstić information content (AvgIpc) is 2.93. The van der Waals surface area contributed by atoms with Crippen molar-refractivity contribution >= 4 is 22.8 Å². The van der Waals surface area contributed by atoms with Gasteiger partial charge < -0.3 is 9.51 Å². The van der Waals surface area contributed by atoms with Gasteiger partial charge in [-0.05, 0) is 6.92 Å². The van der Waals surface area contributed by atoms with Gasteiger partial charge in [0.05, 0.1) is 22.5 Å². The molecule has 3 rings (SSSR count). The molecule has 1 N–H and O–H groups in total. The number of aromatic amines is 1. The van der Waals surface area contributed by atoms with Crippen LogP contribution >= 0.6 is 11.8 Å². The molecule has 0 saturated heterocycles. The Morgan fingerprint density at radius 3 is 2.79 bits per heavy atom. The van der Waals surface area contributed by atoms with Gasteiger partial charge >= 0.3 is 0 Å². The lowest BCUT2D eigenvalue weighted by Gasteiger charge is -1.91. The van der Waals surface area contributed by atoms with E-state index < -0.39 is 11.6 Å². The van der Waals surface area contributed by atoms with Crippen LogP contribution in [0, 0.1) is 18.6 Å². The molecule has 0 aliphatic heterocycles. The molecule has 7 heteroatoms. The van der Waals surface area contributed by atoms with E-state index in [2.05, 4.69) is 15.1 Å². The number of hydrogen-bond acceptors (Lipinski definition) is 4. The molecule has 0 spiro atoms. The summed E-state index contributed by atoms with van der Waals surface area (Å²) in [6.07, 6.45) is 0. The molecule has 0 radical (unpaired) electrons. The van der Waals surface area contributed by atoms with Gasteiger partial charge in [-0.1, -0.05) is 16.9 Å².